The highest BCUT2D eigenvalue weighted by Gasteiger charge is 2.40. The highest BCUT2D eigenvalue weighted by Crippen LogP contribution is 2.37. The van der Waals surface area contributed by atoms with Crippen LogP contribution in [0.5, 0.6) is 0 Å². The molecule has 0 amide bonds. The van der Waals surface area contributed by atoms with Gasteiger partial charge in [0.1, 0.15) is 12.1 Å². The first kappa shape index (κ1) is 16.1. The molecule has 0 fully saturated rings. The van der Waals surface area contributed by atoms with Gasteiger partial charge in [0.05, 0.1) is 5.56 Å². The van der Waals surface area contributed by atoms with Gasteiger partial charge in [0.25, 0.3) is 0 Å². The highest BCUT2D eigenvalue weighted by atomic mass is 79.9. The summed E-state index contributed by atoms with van der Waals surface area (Å²) in [5.41, 5.74) is 5.37. The number of aliphatic imine (C=N–C) groups is 1. The van der Waals surface area contributed by atoms with E-state index < -0.39 is 5.97 Å². The summed E-state index contributed by atoms with van der Waals surface area (Å²) in [4.78, 5) is 21.7. The van der Waals surface area contributed by atoms with Crippen LogP contribution in [0.15, 0.2) is 58.0 Å². The molecule has 1 aliphatic carbocycles. The van der Waals surface area contributed by atoms with Gasteiger partial charge in [0.15, 0.2) is 0 Å². The highest BCUT2D eigenvalue weighted by molar-refractivity contribution is 9.10. The minimum atomic E-state index is -0.468. The molecule has 0 saturated heterocycles. The van der Waals surface area contributed by atoms with E-state index in [1.54, 1.807) is 24.3 Å². The third-order valence-corrected chi connectivity index (χ3v) is 5.38. The van der Waals surface area contributed by atoms with Crippen molar-refractivity contribution in [1.82, 2.24) is 5.48 Å². The first-order valence-corrected chi connectivity index (χ1v) is 8.96. The molecule has 25 heavy (non-hydrogen) atoms. The number of benzene rings is 2. The van der Waals surface area contributed by atoms with Crippen molar-refractivity contribution in [2.75, 3.05) is 6.61 Å². The van der Waals surface area contributed by atoms with Crippen LogP contribution in [-0.4, -0.2) is 24.1 Å². The fourth-order valence-electron chi connectivity index (χ4n) is 3.30. The lowest BCUT2D eigenvalue weighted by atomic mass is 9.79. The van der Waals surface area contributed by atoms with Gasteiger partial charge < -0.3 is 9.57 Å². The van der Waals surface area contributed by atoms with Gasteiger partial charge in [-0.25, -0.2) is 9.79 Å². The molecule has 0 aromatic heterocycles. The Balaban J connectivity index is 1.44. The molecule has 1 spiro atoms. The first-order chi connectivity index (χ1) is 12.2. The van der Waals surface area contributed by atoms with Crippen molar-refractivity contribution in [1.29, 1.82) is 0 Å². The summed E-state index contributed by atoms with van der Waals surface area (Å²) in [6.45, 7) is 0.485. The van der Waals surface area contributed by atoms with Crippen LogP contribution >= 0.6 is 15.9 Å². The van der Waals surface area contributed by atoms with E-state index >= 15 is 0 Å². The van der Waals surface area contributed by atoms with Gasteiger partial charge in [-0.3, -0.25) is 0 Å². The molecule has 2 aromatic carbocycles. The molecular weight excluding hydrogens is 384 g/mol. The fraction of sp³-hybridized carbons (Fsp3) is 0.263. The number of rotatable bonds is 1. The number of ether oxygens (including phenoxy) is 1. The summed E-state index contributed by atoms with van der Waals surface area (Å²) < 4.78 is 6.74. The first-order valence-electron chi connectivity index (χ1n) is 8.16. The number of carbonyl (C=O) groups is 1. The number of nitrogens with one attached hydrogen (secondary N) is 1. The molecular formula is C19H17BrN2O3. The van der Waals surface area contributed by atoms with Crippen molar-refractivity contribution in [3.05, 3.63) is 69.7 Å². The predicted molar refractivity (Wildman–Crippen MR) is 97.3 cm³/mol. The normalized spacial score (nSPS) is 21.2. The predicted octanol–water partition coefficient (Wildman–Crippen LogP) is 3.42. The number of halogens is 1. The SMILES string of the molecule is O=C(ONC1=NC2(CCc3cccc(Br)c3C2)CO1)c1ccccc1. The fourth-order valence-corrected chi connectivity index (χ4v) is 3.84. The van der Waals surface area contributed by atoms with Crippen LogP contribution in [-0.2, 0) is 22.4 Å². The third-order valence-electron chi connectivity index (χ3n) is 4.64. The number of fused-ring (bicyclic) bond motifs is 1. The Kier molecular flexibility index (Phi) is 4.21. The maximum absolute atomic E-state index is 12.0. The van der Waals surface area contributed by atoms with Gasteiger partial charge in [-0.15, -0.1) is 0 Å². The van der Waals surface area contributed by atoms with E-state index in [9.17, 15) is 4.79 Å². The largest absolute Gasteiger partial charge is 0.461 e. The van der Waals surface area contributed by atoms with Gasteiger partial charge in [-0.1, -0.05) is 46.3 Å². The zero-order valence-corrected chi connectivity index (χ0v) is 15.1. The minimum absolute atomic E-state index is 0.264. The topological polar surface area (TPSA) is 59.9 Å². The summed E-state index contributed by atoms with van der Waals surface area (Å²) in [6, 6.07) is 15.3. The van der Waals surface area contributed by atoms with Crippen LogP contribution < -0.4 is 5.48 Å². The van der Waals surface area contributed by atoms with E-state index in [4.69, 9.17) is 9.57 Å². The monoisotopic (exact) mass is 400 g/mol. The Bertz CT molecular complexity index is 838. The summed E-state index contributed by atoms with van der Waals surface area (Å²) in [5, 5.41) is 0. The molecule has 1 aliphatic heterocycles. The Hall–Kier alpha value is -2.34. The van der Waals surface area contributed by atoms with Crippen molar-refractivity contribution in [2.45, 2.75) is 24.8 Å². The Labute approximate surface area is 154 Å². The number of amidine groups is 1. The summed E-state index contributed by atoms with van der Waals surface area (Å²) in [7, 11) is 0. The summed E-state index contributed by atoms with van der Waals surface area (Å²) in [6.07, 6.45) is 2.68. The Morgan fingerprint density at radius 1 is 1.20 bits per heavy atom. The maximum atomic E-state index is 12.0. The molecule has 2 aliphatic rings. The molecule has 128 valence electrons. The summed E-state index contributed by atoms with van der Waals surface area (Å²) >= 11 is 3.63. The standard InChI is InChI=1S/C19H17BrN2O3/c20-16-8-4-7-13-9-10-19(11-15(13)16)12-24-18(21-19)22-25-17(23)14-5-2-1-3-6-14/h1-8H,9-12H2,(H,21,22). The van der Waals surface area contributed by atoms with Gasteiger partial charge in [0, 0.05) is 10.9 Å². The lowest BCUT2D eigenvalue weighted by Gasteiger charge is -2.30. The van der Waals surface area contributed by atoms with Crippen LogP contribution in [0, 0.1) is 0 Å². The molecule has 1 heterocycles. The van der Waals surface area contributed by atoms with Crippen LogP contribution in [0.25, 0.3) is 0 Å². The van der Waals surface area contributed by atoms with Gasteiger partial charge >= 0.3 is 12.0 Å². The van der Waals surface area contributed by atoms with Crippen molar-refractivity contribution in [2.24, 2.45) is 4.99 Å². The van der Waals surface area contributed by atoms with Gasteiger partial charge in [-0.05, 0) is 42.2 Å². The van der Waals surface area contributed by atoms with E-state index in [2.05, 4.69) is 44.6 Å². The van der Waals surface area contributed by atoms with Crippen LogP contribution in [0.3, 0.4) is 0 Å². The van der Waals surface area contributed by atoms with Crippen molar-refractivity contribution >= 4 is 27.9 Å². The van der Waals surface area contributed by atoms with Gasteiger partial charge in [0.2, 0.25) is 0 Å². The smallest absolute Gasteiger partial charge is 0.363 e. The number of hydroxylamine groups is 1. The average molecular weight is 401 g/mol. The zero-order chi connectivity index (χ0) is 17.3. The van der Waals surface area contributed by atoms with E-state index in [-0.39, 0.29) is 11.6 Å². The quantitative estimate of drug-likeness (QED) is 0.744. The second kappa shape index (κ2) is 6.52. The molecule has 1 atom stereocenters. The van der Waals surface area contributed by atoms with Crippen molar-refractivity contribution in [3.63, 3.8) is 0 Å². The molecule has 0 saturated carbocycles. The van der Waals surface area contributed by atoms with E-state index in [0.717, 1.165) is 23.7 Å². The molecule has 0 radical (unpaired) electrons. The molecule has 0 bridgehead atoms. The Morgan fingerprint density at radius 3 is 2.88 bits per heavy atom. The summed E-state index contributed by atoms with van der Waals surface area (Å²) in [5.74, 6) is -0.468. The van der Waals surface area contributed by atoms with Crippen molar-refractivity contribution in [3.8, 4) is 0 Å². The molecule has 4 rings (SSSR count). The number of hydrogen-bond donors (Lipinski definition) is 1. The average Bonchev–Trinajstić information content (AvgIpc) is 3.04. The lowest BCUT2D eigenvalue weighted by Crippen LogP contribution is -2.35. The number of nitrogens with zero attached hydrogens (tertiary/aromatic N) is 1. The minimum Gasteiger partial charge on any atom is -0.461 e. The Morgan fingerprint density at radius 2 is 2.04 bits per heavy atom. The van der Waals surface area contributed by atoms with Gasteiger partial charge in [-0.2, -0.15) is 5.48 Å². The molecule has 1 unspecified atom stereocenters. The molecule has 2 aromatic rings. The van der Waals surface area contributed by atoms with E-state index in [1.165, 1.54) is 11.1 Å². The number of hydrogen-bond acceptors (Lipinski definition) is 5. The van der Waals surface area contributed by atoms with Crippen molar-refractivity contribution < 1.29 is 14.4 Å². The third kappa shape index (κ3) is 3.26. The van der Waals surface area contributed by atoms with Crippen LogP contribution in [0.4, 0.5) is 0 Å². The molecule has 6 heteroatoms. The second-order valence-electron chi connectivity index (χ2n) is 6.34. The lowest BCUT2D eigenvalue weighted by molar-refractivity contribution is 0.0343. The van der Waals surface area contributed by atoms with Crippen LogP contribution in [0.1, 0.15) is 27.9 Å². The number of carbonyl (C=O) groups excluding carboxylic acids is 1. The molecule has 5 nitrogen and oxygen atoms in total. The van der Waals surface area contributed by atoms with E-state index in [0.29, 0.717) is 12.2 Å². The van der Waals surface area contributed by atoms with E-state index in [1.807, 2.05) is 6.07 Å². The maximum Gasteiger partial charge on any atom is 0.363 e. The number of aryl methyl sites for hydroxylation is 1. The molecule has 1 N–H and O–H groups in total. The van der Waals surface area contributed by atoms with Crippen LogP contribution in [0.2, 0.25) is 0 Å². The zero-order valence-electron chi connectivity index (χ0n) is 13.5. The second-order valence-corrected chi connectivity index (χ2v) is 7.20.